The number of allylic oxidation sites excluding steroid dienone is 3. The first-order chi connectivity index (χ1) is 7.04. The second-order valence-corrected chi connectivity index (χ2v) is 2.73. The molecule has 1 aliphatic rings. The minimum absolute atomic E-state index is 0.125. The van der Waals surface area contributed by atoms with Gasteiger partial charge in [0, 0.05) is 12.6 Å². The molecule has 0 N–H and O–H groups in total. The number of rotatable bonds is 1. The van der Waals surface area contributed by atoms with Gasteiger partial charge >= 0.3 is 6.18 Å². The zero-order valence-corrected chi connectivity index (χ0v) is 9.23. The molecule has 0 saturated heterocycles. The summed E-state index contributed by atoms with van der Waals surface area (Å²) in [5.74, 6) is 0. The van der Waals surface area contributed by atoms with Crippen LogP contribution in [0.3, 0.4) is 0 Å². The molecule has 0 atom stereocenters. The van der Waals surface area contributed by atoms with Crippen molar-refractivity contribution in [3.63, 3.8) is 0 Å². The van der Waals surface area contributed by atoms with Crippen molar-refractivity contribution in [2.45, 2.75) is 39.8 Å². The fourth-order valence-electron chi connectivity index (χ4n) is 1.02. The van der Waals surface area contributed by atoms with Gasteiger partial charge in [0.1, 0.15) is 5.71 Å². The van der Waals surface area contributed by atoms with Crippen LogP contribution >= 0.6 is 0 Å². The van der Waals surface area contributed by atoms with Gasteiger partial charge in [-0.3, -0.25) is 4.99 Å². The minimum Gasteiger partial charge on any atom is -0.256 e. The maximum Gasteiger partial charge on any atom is 0.429 e. The molecule has 4 heteroatoms. The summed E-state index contributed by atoms with van der Waals surface area (Å²) in [5.41, 5.74) is 0.162. The Balaban J connectivity index is 0.000000921. The summed E-state index contributed by atoms with van der Waals surface area (Å²) in [7, 11) is 0. The predicted octanol–water partition coefficient (Wildman–Crippen LogP) is 4.27. The number of nitrogens with zero attached hydrogens (tertiary/aromatic N) is 1. The highest BCUT2D eigenvalue weighted by Gasteiger charge is 2.34. The van der Waals surface area contributed by atoms with Crippen molar-refractivity contribution in [2.24, 2.45) is 4.99 Å². The van der Waals surface area contributed by atoms with Crippen LogP contribution in [0.2, 0.25) is 0 Å². The summed E-state index contributed by atoms with van der Waals surface area (Å²) in [6.07, 6.45) is 0.695. The van der Waals surface area contributed by atoms with Gasteiger partial charge in [-0.15, -0.1) is 0 Å². The zero-order valence-electron chi connectivity index (χ0n) is 9.23. The monoisotopic (exact) mass is 219 g/mol. The first-order valence-electron chi connectivity index (χ1n) is 5.03. The Morgan fingerprint density at radius 1 is 1.33 bits per heavy atom. The van der Waals surface area contributed by atoms with E-state index in [0.29, 0.717) is 0 Å². The van der Waals surface area contributed by atoms with E-state index < -0.39 is 11.9 Å². The van der Waals surface area contributed by atoms with Crippen LogP contribution in [-0.2, 0) is 0 Å². The molecule has 86 valence electrons. The van der Waals surface area contributed by atoms with Crippen LogP contribution in [-0.4, -0.2) is 11.9 Å². The lowest BCUT2D eigenvalue weighted by molar-refractivity contribution is -0.0599. The third-order valence-electron chi connectivity index (χ3n) is 1.81. The van der Waals surface area contributed by atoms with Crippen LogP contribution in [0.25, 0.3) is 0 Å². The molecule has 1 rings (SSSR count). The highest BCUT2D eigenvalue weighted by atomic mass is 19.4. The van der Waals surface area contributed by atoms with E-state index in [1.54, 1.807) is 12.2 Å². The van der Waals surface area contributed by atoms with E-state index in [9.17, 15) is 13.2 Å². The van der Waals surface area contributed by atoms with Gasteiger partial charge < -0.3 is 0 Å². The maximum atomic E-state index is 12.2. The Bertz CT molecular complexity index is 272. The third kappa shape index (κ3) is 4.81. The van der Waals surface area contributed by atoms with Gasteiger partial charge in [0.25, 0.3) is 0 Å². The molecule has 0 aromatic heterocycles. The van der Waals surface area contributed by atoms with Crippen LogP contribution in [0.15, 0.2) is 28.9 Å². The van der Waals surface area contributed by atoms with E-state index in [1.807, 2.05) is 20.8 Å². The Kier molecular flexibility index (Phi) is 5.97. The molecule has 1 heterocycles. The van der Waals surface area contributed by atoms with Gasteiger partial charge in [0.15, 0.2) is 0 Å². The Labute approximate surface area is 88.4 Å². The maximum absolute atomic E-state index is 12.2. The molecule has 1 aliphatic heterocycles. The first-order valence-corrected chi connectivity index (χ1v) is 5.03. The van der Waals surface area contributed by atoms with Gasteiger partial charge in [0.2, 0.25) is 0 Å². The Morgan fingerprint density at radius 3 is 2.40 bits per heavy atom. The molecule has 0 bridgehead atoms. The zero-order chi connectivity index (χ0) is 11.9. The third-order valence-corrected chi connectivity index (χ3v) is 1.81. The number of aliphatic imine (C=N–C) groups is 1. The van der Waals surface area contributed by atoms with E-state index in [2.05, 4.69) is 4.99 Å². The first kappa shape index (κ1) is 13.9. The molecular weight excluding hydrogens is 203 g/mol. The molecule has 15 heavy (non-hydrogen) atoms. The van der Waals surface area contributed by atoms with E-state index in [0.717, 1.165) is 12.0 Å². The van der Waals surface area contributed by atoms with E-state index in [-0.39, 0.29) is 6.42 Å². The Morgan fingerprint density at radius 2 is 1.93 bits per heavy atom. The van der Waals surface area contributed by atoms with Gasteiger partial charge in [-0.1, -0.05) is 32.4 Å². The van der Waals surface area contributed by atoms with Crippen molar-refractivity contribution in [3.05, 3.63) is 23.9 Å². The quantitative estimate of drug-likeness (QED) is 0.624. The summed E-state index contributed by atoms with van der Waals surface area (Å²) < 4.78 is 36.5. The van der Waals surface area contributed by atoms with Crippen molar-refractivity contribution in [1.29, 1.82) is 0 Å². The highest BCUT2D eigenvalue weighted by Crippen LogP contribution is 2.22. The smallest absolute Gasteiger partial charge is 0.256 e. The van der Waals surface area contributed by atoms with Crippen LogP contribution in [0, 0.1) is 0 Å². The summed E-state index contributed by atoms with van der Waals surface area (Å²) in [6, 6.07) is 0. The fourth-order valence-corrected chi connectivity index (χ4v) is 1.02. The van der Waals surface area contributed by atoms with Crippen molar-refractivity contribution < 1.29 is 13.2 Å². The van der Waals surface area contributed by atoms with Crippen LogP contribution in [0.5, 0.6) is 0 Å². The lowest BCUT2D eigenvalue weighted by atomic mass is 10.1. The van der Waals surface area contributed by atoms with Crippen molar-refractivity contribution >= 4 is 5.71 Å². The lowest BCUT2D eigenvalue weighted by Gasteiger charge is -2.06. The average Bonchev–Trinajstić information content (AvgIpc) is 2.44. The minimum atomic E-state index is -4.30. The number of hydrogen-bond donors (Lipinski definition) is 0. The molecule has 0 aromatic carbocycles. The fraction of sp³-hybridized carbons (Fsp3) is 0.545. The van der Waals surface area contributed by atoms with Gasteiger partial charge in [-0.2, -0.15) is 13.2 Å². The average molecular weight is 219 g/mol. The van der Waals surface area contributed by atoms with Gasteiger partial charge in [-0.05, 0) is 12.5 Å². The van der Waals surface area contributed by atoms with Gasteiger partial charge in [-0.25, -0.2) is 0 Å². The predicted molar refractivity (Wildman–Crippen MR) is 57.0 cm³/mol. The molecule has 0 amide bonds. The van der Waals surface area contributed by atoms with Crippen LogP contribution in [0.1, 0.15) is 33.6 Å². The van der Waals surface area contributed by atoms with E-state index in [1.165, 1.54) is 6.20 Å². The topological polar surface area (TPSA) is 12.4 Å². The van der Waals surface area contributed by atoms with E-state index in [4.69, 9.17) is 0 Å². The van der Waals surface area contributed by atoms with Crippen LogP contribution < -0.4 is 0 Å². The molecule has 0 unspecified atom stereocenters. The molecule has 0 aliphatic carbocycles. The molecule has 0 saturated carbocycles. The molecule has 0 fully saturated rings. The summed E-state index contributed by atoms with van der Waals surface area (Å²) in [6.45, 7) is 5.90. The highest BCUT2D eigenvalue weighted by molar-refractivity contribution is 5.91. The molecule has 0 radical (unpaired) electrons. The summed E-state index contributed by atoms with van der Waals surface area (Å²) in [4.78, 5) is 3.35. The van der Waals surface area contributed by atoms with Gasteiger partial charge in [0.05, 0.1) is 0 Å². The largest absolute Gasteiger partial charge is 0.429 e. The van der Waals surface area contributed by atoms with Crippen LogP contribution in [0.4, 0.5) is 13.2 Å². The number of alkyl halides is 3. The van der Waals surface area contributed by atoms with Crippen molar-refractivity contribution in [1.82, 2.24) is 0 Å². The van der Waals surface area contributed by atoms with Crippen molar-refractivity contribution in [2.75, 3.05) is 0 Å². The molecular formula is C11H16F3N. The summed E-state index contributed by atoms with van der Waals surface area (Å²) in [5, 5.41) is 0. The second-order valence-electron chi connectivity index (χ2n) is 2.73. The summed E-state index contributed by atoms with van der Waals surface area (Å²) >= 11 is 0. The molecule has 0 aromatic rings. The number of halogens is 3. The standard InChI is InChI=1S/C9H10F3N.C2H6/c1-2-7-3-4-8(9(10,11)12)13-6-5-7;1-2/h3,5-6H,2,4H2,1H3;1-2H3. The molecule has 0 spiro atoms. The molecule has 1 nitrogen and oxygen atoms in total. The lowest BCUT2D eigenvalue weighted by Crippen LogP contribution is -2.21. The Hall–Kier alpha value is -1.06. The van der Waals surface area contributed by atoms with E-state index >= 15 is 0 Å². The number of hydrogen-bond acceptors (Lipinski definition) is 1. The van der Waals surface area contributed by atoms with Crippen molar-refractivity contribution in [3.8, 4) is 0 Å². The second kappa shape index (κ2) is 6.43. The SMILES string of the molecule is CC.CCC1=CCC(C(F)(F)F)=NC=C1. The normalized spacial score (nSPS) is 15.9.